The number of halogens is 1. The van der Waals surface area contributed by atoms with E-state index >= 15 is 0 Å². The Hall–Kier alpha value is -3.62. The molecule has 0 heterocycles. The van der Waals surface area contributed by atoms with Crippen molar-refractivity contribution in [2.45, 2.75) is 46.5 Å². The molecule has 0 saturated carbocycles. The van der Waals surface area contributed by atoms with Crippen molar-refractivity contribution in [3.63, 3.8) is 0 Å². The van der Waals surface area contributed by atoms with Gasteiger partial charge in [-0.2, -0.15) is 0 Å². The lowest BCUT2D eigenvalue weighted by Crippen LogP contribution is -2.10. The predicted octanol–water partition coefficient (Wildman–Crippen LogP) is 11.5. The van der Waals surface area contributed by atoms with Crippen LogP contribution in [0.2, 0.25) is 0 Å². The van der Waals surface area contributed by atoms with Gasteiger partial charge >= 0.3 is 0 Å². The molecule has 1 nitrogen and oxygen atoms in total. The van der Waals surface area contributed by atoms with E-state index in [1.54, 1.807) is 0 Å². The second-order valence-electron chi connectivity index (χ2n) is 10.3. The van der Waals surface area contributed by atoms with Crippen molar-refractivity contribution in [1.82, 2.24) is 0 Å². The number of aryl methyl sites for hydroxylation is 3. The van der Waals surface area contributed by atoms with E-state index in [0.29, 0.717) is 0 Å². The van der Waals surface area contributed by atoms with Gasteiger partial charge in [-0.1, -0.05) is 115 Å². The van der Waals surface area contributed by atoms with E-state index in [2.05, 4.69) is 157 Å². The van der Waals surface area contributed by atoms with Crippen molar-refractivity contribution in [1.29, 1.82) is 0 Å². The zero-order valence-corrected chi connectivity index (χ0v) is 24.7. The lowest BCUT2D eigenvalue weighted by molar-refractivity contribution is 0.922. The largest absolute Gasteiger partial charge is 0.310 e. The minimum absolute atomic E-state index is 1.12. The van der Waals surface area contributed by atoms with Gasteiger partial charge in [0, 0.05) is 21.5 Å². The van der Waals surface area contributed by atoms with Gasteiger partial charge in [-0.3, -0.25) is 0 Å². The van der Waals surface area contributed by atoms with Gasteiger partial charge in [0.05, 0.1) is 0 Å². The van der Waals surface area contributed by atoms with Crippen LogP contribution in [0.15, 0.2) is 120 Å². The van der Waals surface area contributed by atoms with E-state index in [0.717, 1.165) is 34.4 Å². The van der Waals surface area contributed by atoms with Crippen LogP contribution < -0.4 is 4.90 Å². The Morgan fingerprint density at radius 3 is 1.21 bits per heavy atom. The Morgan fingerprint density at radius 2 is 0.846 bits per heavy atom. The summed E-state index contributed by atoms with van der Waals surface area (Å²) in [7, 11) is 0. The first-order valence-electron chi connectivity index (χ1n) is 14.0. The maximum Gasteiger partial charge on any atom is 0.0465 e. The molecule has 0 atom stereocenters. The third kappa shape index (κ3) is 6.34. The SMILES string of the molecule is CCCc1ccc(-c2ccc(N(c3ccc(-c4ccc(CCC)cc4)cc3)c3ccc(Br)c(C)c3)cc2)cc1. The van der Waals surface area contributed by atoms with Gasteiger partial charge in [0.15, 0.2) is 0 Å². The van der Waals surface area contributed by atoms with Crippen LogP contribution in [0.25, 0.3) is 22.3 Å². The monoisotopic (exact) mass is 573 g/mol. The Bertz CT molecular complexity index is 1410. The molecule has 0 amide bonds. The Kier molecular flexibility index (Phi) is 8.64. The number of nitrogens with zero attached hydrogens (tertiary/aromatic N) is 1. The number of benzene rings is 5. The molecule has 39 heavy (non-hydrogen) atoms. The van der Waals surface area contributed by atoms with E-state index in [9.17, 15) is 0 Å². The van der Waals surface area contributed by atoms with Crippen molar-refractivity contribution in [2.75, 3.05) is 4.90 Å². The molecule has 0 fully saturated rings. The van der Waals surface area contributed by atoms with Crippen molar-refractivity contribution in [2.24, 2.45) is 0 Å². The van der Waals surface area contributed by atoms with Gasteiger partial charge in [0.2, 0.25) is 0 Å². The molecule has 5 aromatic carbocycles. The minimum atomic E-state index is 1.12. The second-order valence-corrected chi connectivity index (χ2v) is 11.1. The average Bonchev–Trinajstić information content (AvgIpc) is 2.97. The summed E-state index contributed by atoms with van der Waals surface area (Å²) in [6.07, 6.45) is 4.60. The Balaban J connectivity index is 1.47. The van der Waals surface area contributed by atoms with Crippen LogP contribution in [0, 0.1) is 6.92 Å². The highest BCUT2D eigenvalue weighted by molar-refractivity contribution is 9.10. The van der Waals surface area contributed by atoms with Crippen LogP contribution in [-0.2, 0) is 12.8 Å². The lowest BCUT2D eigenvalue weighted by atomic mass is 10.0. The van der Waals surface area contributed by atoms with Crippen molar-refractivity contribution in [3.8, 4) is 22.3 Å². The normalized spacial score (nSPS) is 11.0. The standard InChI is InChI=1S/C37H36BrN/c1-4-6-28-8-12-30(13-9-28)32-16-20-34(21-17-32)39(36-24-25-37(38)27(3)26-36)35-22-18-33(19-23-35)31-14-10-29(7-5-2)11-15-31/h8-26H,4-7H2,1-3H3. The first-order valence-corrected chi connectivity index (χ1v) is 14.8. The molecule has 0 radical (unpaired) electrons. The summed E-state index contributed by atoms with van der Waals surface area (Å²) in [6.45, 7) is 6.59. The van der Waals surface area contributed by atoms with Gasteiger partial charge in [-0.05, 0) is 101 Å². The van der Waals surface area contributed by atoms with Crippen LogP contribution in [0.5, 0.6) is 0 Å². The first kappa shape index (κ1) is 27.0. The molecule has 0 aliphatic heterocycles. The van der Waals surface area contributed by atoms with E-state index in [-0.39, 0.29) is 0 Å². The summed E-state index contributed by atoms with van der Waals surface area (Å²) in [5, 5.41) is 0. The molecule has 0 aliphatic carbocycles. The molecule has 5 aromatic rings. The van der Waals surface area contributed by atoms with E-state index < -0.39 is 0 Å². The maximum atomic E-state index is 3.67. The fourth-order valence-corrected chi connectivity index (χ4v) is 5.37. The average molecular weight is 575 g/mol. The maximum absolute atomic E-state index is 3.67. The van der Waals surface area contributed by atoms with Gasteiger partial charge in [0.1, 0.15) is 0 Å². The van der Waals surface area contributed by atoms with E-state index in [4.69, 9.17) is 0 Å². The highest BCUT2D eigenvalue weighted by Crippen LogP contribution is 2.38. The van der Waals surface area contributed by atoms with Crippen molar-refractivity contribution < 1.29 is 0 Å². The van der Waals surface area contributed by atoms with Crippen LogP contribution >= 0.6 is 15.9 Å². The molecule has 0 aromatic heterocycles. The topological polar surface area (TPSA) is 3.24 Å². The van der Waals surface area contributed by atoms with E-state index in [1.165, 1.54) is 51.8 Å². The zero-order valence-electron chi connectivity index (χ0n) is 23.1. The molecule has 0 aliphatic rings. The van der Waals surface area contributed by atoms with Crippen LogP contribution in [-0.4, -0.2) is 0 Å². The molecule has 196 valence electrons. The molecule has 0 N–H and O–H groups in total. The predicted molar refractivity (Wildman–Crippen MR) is 172 cm³/mol. The quantitative estimate of drug-likeness (QED) is 0.169. The number of hydrogen-bond acceptors (Lipinski definition) is 1. The summed E-state index contributed by atoms with van der Waals surface area (Å²) in [4.78, 5) is 2.34. The fourth-order valence-electron chi connectivity index (χ4n) is 5.13. The number of hydrogen-bond donors (Lipinski definition) is 0. The van der Waals surface area contributed by atoms with Crippen LogP contribution in [0.4, 0.5) is 17.1 Å². The highest BCUT2D eigenvalue weighted by atomic mass is 79.9. The third-order valence-electron chi connectivity index (χ3n) is 7.30. The summed E-state index contributed by atoms with van der Waals surface area (Å²) in [6, 6.07) is 42.4. The molecule has 0 bridgehead atoms. The summed E-state index contributed by atoms with van der Waals surface area (Å²) in [5.41, 5.74) is 12.4. The Morgan fingerprint density at radius 1 is 0.487 bits per heavy atom. The number of anilines is 3. The van der Waals surface area contributed by atoms with Gasteiger partial charge in [-0.15, -0.1) is 0 Å². The summed E-state index contributed by atoms with van der Waals surface area (Å²) >= 11 is 3.67. The van der Waals surface area contributed by atoms with E-state index in [1.807, 2.05) is 0 Å². The molecule has 0 saturated heterocycles. The summed E-state index contributed by atoms with van der Waals surface area (Å²) in [5.74, 6) is 0. The third-order valence-corrected chi connectivity index (χ3v) is 8.19. The van der Waals surface area contributed by atoms with Gasteiger partial charge in [-0.25, -0.2) is 0 Å². The van der Waals surface area contributed by atoms with Crippen LogP contribution in [0.3, 0.4) is 0 Å². The smallest absolute Gasteiger partial charge is 0.0465 e. The first-order chi connectivity index (χ1) is 19.1. The molecule has 0 spiro atoms. The molecular weight excluding hydrogens is 538 g/mol. The zero-order chi connectivity index (χ0) is 27.2. The molecule has 0 unspecified atom stereocenters. The van der Waals surface area contributed by atoms with Gasteiger partial charge < -0.3 is 4.90 Å². The molecular formula is C37H36BrN. The second kappa shape index (κ2) is 12.5. The lowest BCUT2D eigenvalue weighted by Gasteiger charge is -2.26. The van der Waals surface area contributed by atoms with Crippen molar-refractivity contribution in [3.05, 3.63) is 136 Å². The molecule has 5 rings (SSSR count). The van der Waals surface area contributed by atoms with Crippen molar-refractivity contribution >= 4 is 33.0 Å². The Labute approximate surface area is 242 Å². The minimum Gasteiger partial charge on any atom is -0.310 e. The molecule has 2 heteroatoms. The highest BCUT2D eigenvalue weighted by Gasteiger charge is 2.14. The fraction of sp³-hybridized carbons (Fsp3) is 0.189. The van der Waals surface area contributed by atoms with Gasteiger partial charge in [0.25, 0.3) is 0 Å². The van der Waals surface area contributed by atoms with Crippen LogP contribution in [0.1, 0.15) is 43.4 Å². The number of rotatable bonds is 9. The summed E-state index contributed by atoms with van der Waals surface area (Å²) < 4.78 is 1.12.